The average Bonchev–Trinajstić information content (AvgIpc) is 2.83. The van der Waals surface area contributed by atoms with Crippen LogP contribution in [0.15, 0.2) is 23.6 Å². The van der Waals surface area contributed by atoms with Crippen molar-refractivity contribution in [3.8, 4) is 22.6 Å². The number of hydrogen-bond donors (Lipinski definition) is 2. The molecule has 0 fully saturated rings. The van der Waals surface area contributed by atoms with E-state index >= 15 is 0 Å². The highest BCUT2D eigenvalue weighted by atomic mass is 32.1. The maximum Gasteiger partial charge on any atom is 0.341 e. The summed E-state index contributed by atoms with van der Waals surface area (Å²) in [6.07, 6.45) is 0. The van der Waals surface area contributed by atoms with Crippen LogP contribution in [0.25, 0.3) is 11.1 Å². The van der Waals surface area contributed by atoms with Crippen LogP contribution in [0.3, 0.4) is 0 Å². The quantitative estimate of drug-likeness (QED) is 0.828. The molecule has 0 unspecified atom stereocenters. The van der Waals surface area contributed by atoms with E-state index in [1.54, 1.807) is 30.5 Å². The zero-order valence-electron chi connectivity index (χ0n) is 11.9. The van der Waals surface area contributed by atoms with Crippen molar-refractivity contribution in [1.29, 1.82) is 0 Å². The fraction of sp³-hybridized carbons (Fsp3) is 0.267. The van der Waals surface area contributed by atoms with Gasteiger partial charge < -0.3 is 20.3 Å². The third kappa shape index (κ3) is 3.11. The van der Waals surface area contributed by atoms with Gasteiger partial charge in [0.25, 0.3) is 0 Å². The van der Waals surface area contributed by atoms with Crippen LogP contribution in [-0.4, -0.2) is 24.3 Å². The maximum absolute atomic E-state index is 12.0. The molecule has 0 radical (unpaired) electrons. The zero-order chi connectivity index (χ0) is 15.4. The summed E-state index contributed by atoms with van der Waals surface area (Å²) in [6.45, 7) is 4.32. The molecular formula is C15H17NO4S. The smallest absolute Gasteiger partial charge is 0.341 e. The molecule has 0 aliphatic rings. The lowest BCUT2D eigenvalue weighted by Crippen LogP contribution is -2.07. The molecule has 0 saturated heterocycles. The van der Waals surface area contributed by atoms with Crippen molar-refractivity contribution in [3.05, 3.63) is 29.1 Å². The molecule has 0 aliphatic carbocycles. The van der Waals surface area contributed by atoms with Crippen LogP contribution < -0.4 is 10.5 Å². The van der Waals surface area contributed by atoms with Crippen LogP contribution in [0, 0.1) is 0 Å². The maximum atomic E-state index is 12.0. The summed E-state index contributed by atoms with van der Waals surface area (Å²) in [5.41, 5.74) is 7.53. The number of benzene rings is 1. The Morgan fingerprint density at radius 1 is 1.33 bits per heavy atom. The number of rotatable bonds is 5. The number of phenolic OH excluding ortho intramolecular Hbond substituents is 1. The second-order valence-corrected chi connectivity index (χ2v) is 5.14. The Morgan fingerprint density at radius 3 is 2.71 bits per heavy atom. The van der Waals surface area contributed by atoms with Gasteiger partial charge in [-0.05, 0) is 31.5 Å². The molecule has 1 heterocycles. The fourth-order valence-electron chi connectivity index (χ4n) is 1.96. The average molecular weight is 307 g/mol. The summed E-state index contributed by atoms with van der Waals surface area (Å²) in [7, 11) is 0. The number of aromatic hydroxyl groups is 1. The SMILES string of the molecule is CCOC(=O)c1c(-c2ccc(OCC)c(O)c2)csc1N. The number of thiophene rings is 1. The Labute approximate surface area is 126 Å². The van der Waals surface area contributed by atoms with Gasteiger partial charge in [-0.1, -0.05) is 6.07 Å². The Hall–Kier alpha value is -2.21. The highest BCUT2D eigenvalue weighted by Gasteiger charge is 2.20. The number of carbonyl (C=O) groups is 1. The molecule has 0 bridgehead atoms. The molecule has 0 atom stereocenters. The molecule has 0 aliphatic heterocycles. The number of nitrogen functional groups attached to an aromatic ring is 1. The summed E-state index contributed by atoms with van der Waals surface area (Å²) in [5.74, 6) is -0.0318. The third-order valence-electron chi connectivity index (χ3n) is 2.87. The second-order valence-electron chi connectivity index (χ2n) is 4.22. The molecule has 21 heavy (non-hydrogen) atoms. The van der Waals surface area contributed by atoms with Gasteiger partial charge in [-0.3, -0.25) is 0 Å². The van der Waals surface area contributed by atoms with Crippen molar-refractivity contribution in [2.24, 2.45) is 0 Å². The second kappa shape index (κ2) is 6.49. The summed E-state index contributed by atoms with van der Waals surface area (Å²) >= 11 is 1.26. The van der Waals surface area contributed by atoms with Crippen LogP contribution in [0.5, 0.6) is 11.5 Å². The zero-order valence-corrected chi connectivity index (χ0v) is 12.7. The molecule has 1 aromatic heterocycles. The number of carbonyl (C=O) groups excluding carboxylic acids is 1. The third-order valence-corrected chi connectivity index (χ3v) is 3.68. The van der Waals surface area contributed by atoms with E-state index in [0.717, 1.165) is 0 Å². The lowest BCUT2D eigenvalue weighted by atomic mass is 10.0. The van der Waals surface area contributed by atoms with Crippen LogP contribution in [0.2, 0.25) is 0 Å². The van der Waals surface area contributed by atoms with Crippen LogP contribution in [-0.2, 0) is 4.74 Å². The van der Waals surface area contributed by atoms with E-state index < -0.39 is 5.97 Å². The predicted octanol–water partition coefficient (Wildman–Crippen LogP) is 3.28. The van der Waals surface area contributed by atoms with E-state index in [0.29, 0.717) is 34.0 Å². The van der Waals surface area contributed by atoms with Gasteiger partial charge in [0.15, 0.2) is 11.5 Å². The molecule has 0 amide bonds. The van der Waals surface area contributed by atoms with E-state index in [4.69, 9.17) is 15.2 Å². The summed E-state index contributed by atoms with van der Waals surface area (Å²) in [4.78, 5) is 12.0. The van der Waals surface area contributed by atoms with Crippen LogP contribution in [0.4, 0.5) is 5.00 Å². The van der Waals surface area contributed by atoms with Gasteiger partial charge in [-0.2, -0.15) is 0 Å². The first-order chi connectivity index (χ1) is 10.1. The molecule has 5 nitrogen and oxygen atoms in total. The number of phenols is 1. The Kier molecular flexibility index (Phi) is 4.70. The minimum absolute atomic E-state index is 0.0222. The molecule has 1 aromatic carbocycles. The first-order valence-corrected chi connectivity index (χ1v) is 7.46. The molecule has 112 valence electrons. The lowest BCUT2D eigenvalue weighted by molar-refractivity contribution is 0.0529. The van der Waals surface area contributed by atoms with Gasteiger partial charge in [0.05, 0.1) is 13.2 Å². The van der Waals surface area contributed by atoms with Crippen molar-refractivity contribution in [1.82, 2.24) is 0 Å². The molecular weight excluding hydrogens is 290 g/mol. The highest BCUT2D eigenvalue weighted by molar-refractivity contribution is 7.14. The minimum Gasteiger partial charge on any atom is -0.504 e. The Morgan fingerprint density at radius 2 is 2.10 bits per heavy atom. The van der Waals surface area contributed by atoms with Crippen molar-refractivity contribution in [3.63, 3.8) is 0 Å². The monoisotopic (exact) mass is 307 g/mol. The molecule has 6 heteroatoms. The lowest BCUT2D eigenvalue weighted by Gasteiger charge is -2.09. The standard InChI is InChI=1S/C15H17NO4S/c1-3-19-12-6-5-9(7-11(12)17)10-8-21-14(16)13(10)15(18)20-4-2/h5-8,17H,3-4,16H2,1-2H3. The molecule has 2 aromatic rings. The van der Waals surface area contributed by atoms with Crippen LogP contribution >= 0.6 is 11.3 Å². The predicted molar refractivity (Wildman–Crippen MR) is 83.0 cm³/mol. The number of esters is 1. The normalized spacial score (nSPS) is 10.4. The molecule has 2 rings (SSSR count). The van der Waals surface area contributed by atoms with Crippen molar-refractivity contribution < 1.29 is 19.4 Å². The van der Waals surface area contributed by atoms with E-state index in [1.165, 1.54) is 11.3 Å². The Balaban J connectivity index is 2.43. The van der Waals surface area contributed by atoms with Gasteiger partial charge in [0, 0.05) is 10.9 Å². The number of anilines is 1. The summed E-state index contributed by atoms with van der Waals surface area (Å²) in [6, 6.07) is 4.99. The molecule has 0 spiro atoms. The van der Waals surface area contributed by atoms with Crippen LogP contribution in [0.1, 0.15) is 24.2 Å². The number of hydrogen-bond acceptors (Lipinski definition) is 6. The molecule has 0 saturated carbocycles. The first-order valence-electron chi connectivity index (χ1n) is 6.58. The number of ether oxygens (including phenoxy) is 2. The van der Waals surface area contributed by atoms with Gasteiger partial charge in [-0.15, -0.1) is 11.3 Å². The van der Waals surface area contributed by atoms with Crippen molar-refractivity contribution in [2.75, 3.05) is 18.9 Å². The Bertz CT molecular complexity index is 651. The first kappa shape index (κ1) is 15.2. The summed E-state index contributed by atoms with van der Waals surface area (Å²) in [5, 5.41) is 12.1. The van der Waals surface area contributed by atoms with E-state index in [-0.39, 0.29) is 12.4 Å². The largest absolute Gasteiger partial charge is 0.504 e. The topological polar surface area (TPSA) is 81.8 Å². The highest BCUT2D eigenvalue weighted by Crippen LogP contribution is 2.38. The van der Waals surface area contributed by atoms with E-state index in [1.807, 2.05) is 6.92 Å². The summed E-state index contributed by atoms with van der Waals surface area (Å²) < 4.78 is 10.3. The number of nitrogens with two attached hydrogens (primary N) is 1. The van der Waals surface area contributed by atoms with Crippen molar-refractivity contribution >= 4 is 22.3 Å². The minimum atomic E-state index is -0.459. The van der Waals surface area contributed by atoms with Crippen molar-refractivity contribution in [2.45, 2.75) is 13.8 Å². The van der Waals surface area contributed by atoms with Gasteiger partial charge in [-0.25, -0.2) is 4.79 Å². The van der Waals surface area contributed by atoms with E-state index in [9.17, 15) is 9.90 Å². The fourth-order valence-corrected chi connectivity index (χ4v) is 2.77. The van der Waals surface area contributed by atoms with Gasteiger partial charge in [0.1, 0.15) is 10.6 Å². The molecule has 3 N–H and O–H groups in total. The van der Waals surface area contributed by atoms with Gasteiger partial charge in [0.2, 0.25) is 0 Å². The van der Waals surface area contributed by atoms with Gasteiger partial charge >= 0.3 is 5.97 Å². The van der Waals surface area contributed by atoms with E-state index in [2.05, 4.69) is 0 Å².